The predicted octanol–water partition coefficient (Wildman–Crippen LogP) is 18.0. The molecule has 0 spiro atoms. The first kappa shape index (κ1) is 37.9. The van der Waals surface area contributed by atoms with Crippen molar-refractivity contribution in [3.05, 3.63) is 249 Å². The lowest BCUT2D eigenvalue weighted by molar-refractivity contribution is 1.33. The van der Waals surface area contributed by atoms with Gasteiger partial charge in [0.25, 0.3) is 0 Å². The van der Waals surface area contributed by atoms with E-state index in [1.54, 1.807) is 0 Å². The monoisotopic (exact) mass is 835 g/mol. The predicted molar refractivity (Wildman–Crippen MR) is 282 cm³/mol. The van der Waals surface area contributed by atoms with Crippen LogP contribution in [0.5, 0.6) is 0 Å². The van der Waals surface area contributed by atoms with E-state index >= 15 is 0 Å². The summed E-state index contributed by atoms with van der Waals surface area (Å²) in [4.78, 5) is 5.01. The highest BCUT2D eigenvalue weighted by Gasteiger charge is 2.19. The standard InChI is InChI=1S/C65H41N/c1-3-15-48-39-50(35-27-42(48)13-1)64-57-21-9-5-17-53(57)62(54-18-6-10-22-58(54)64)46-31-25-44(26-32-46)52-37-38-61(66-41-52)45-29-33-47(34-30-45)63-55-19-7-11-23-59(55)65(60-24-12-8-20-56(60)63)51-36-28-43-14-2-4-16-49(43)40-51/h1-41H. The Labute approximate surface area is 383 Å². The van der Waals surface area contributed by atoms with Crippen LogP contribution in [0.25, 0.3) is 132 Å². The molecule has 0 N–H and O–H groups in total. The quantitative estimate of drug-likeness (QED) is 0.152. The zero-order valence-electron chi connectivity index (χ0n) is 36.1. The highest BCUT2D eigenvalue weighted by Crippen LogP contribution is 2.46. The van der Waals surface area contributed by atoms with Crippen LogP contribution in [0.3, 0.4) is 0 Å². The van der Waals surface area contributed by atoms with Crippen molar-refractivity contribution in [1.82, 2.24) is 4.98 Å². The lowest BCUT2D eigenvalue weighted by Gasteiger charge is -2.18. The fraction of sp³-hybridized carbons (Fsp3) is 0. The molecular formula is C65H41N. The molecular weight excluding hydrogens is 795 g/mol. The second-order valence-electron chi connectivity index (χ2n) is 17.4. The highest BCUT2D eigenvalue weighted by atomic mass is 14.7. The van der Waals surface area contributed by atoms with E-state index in [0.717, 1.165) is 22.4 Å². The number of nitrogens with zero attached hydrogens (tertiary/aromatic N) is 1. The Bertz CT molecular complexity index is 3630. The molecule has 0 saturated heterocycles. The molecule has 0 aliphatic heterocycles. The Morgan fingerprint density at radius 2 is 0.485 bits per heavy atom. The number of aromatic nitrogens is 1. The maximum Gasteiger partial charge on any atom is 0.0702 e. The zero-order valence-corrected chi connectivity index (χ0v) is 36.1. The van der Waals surface area contributed by atoms with Crippen LogP contribution in [0, 0.1) is 0 Å². The summed E-state index contributed by atoms with van der Waals surface area (Å²) >= 11 is 0. The van der Waals surface area contributed by atoms with Gasteiger partial charge in [0.1, 0.15) is 0 Å². The van der Waals surface area contributed by atoms with E-state index in [2.05, 4.69) is 243 Å². The Hall–Kier alpha value is -8.65. The average molecular weight is 836 g/mol. The van der Waals surface area contributed by atoms with E-state index in [1.807, 2.05) is 6.20 Å². The molecule has 13 aromatic rings. The molecule has 66 heavy (non-hydrogen) atoms. The fourth-order valence-corrected chi connectivity index (χ4v) is 10.6. The van der Waals surface area contributed by atoms with Crippen molar-refractivity contribution in [1.29, 1.82) is 0 Å². The van der Waals surface area contributed by atoms with E-state index in [4.69, 9.17) is 4.98 Å². The van der Waals surface area contributed by atoms with Gasteiger partial charge in [-0.05, 0) is 133 Å². The molecule has 1 nitrogen and oxygen atoms in total. The third-order valence-corrected chi connectivity index (χ3v) is 13.7. The molecule has 0 bridgehead atoms. The second-order valence-corrected chi connectivity index (χ2v) is 17.4. The van der Waals surface area contributed by atoms with Crippen molar-refractivity contribution in [2.45, 2.75) is 0 Å². The third kappa shape index (κ3) is 6.28. The normalized spacial score (nSPS) is 11.6. The molecule has 0 aliphatic rings. The molecule has 0 radical (unpaired) electrons. The van der Waals surface area contributed by atoms with Crippen molar-refractivity contribution < 1.29 is 0 Å². The largest absolute Gasteiger partial charge is 0.256 e. The van der Waals surface area contributed by atoms with Crippen LogP contribution in [-0.2, 0) is 0 Å². The number of benzene rings is 12. The van der Waals surface area contributed by atoms with E-state index < -0.39 is 0 Å². The van der Waals surface area contributed by atoms with E-state index in [-0.39, 0.29) is 0 Å². The smallest absolute Gasteiger partial charge is 0.0702 e. The van der Waals surface area contributed by atoms with Gasteiger partial charge in [0.15, 0.2) is 0 Å². The summed E-state index contributed by atoms with van der Waals surface area (Å²) in [5.74, 6) is 0. The van der Waals surface area contributed by atoms with Crippen molar-refractivity contribution >= 4 is 64.6 Å². The van der Waals surface area contributed by atoms with Crippen LogP contribution in [0.1, 0.15) is 0 Å². The lowest BCUT2D eigenvalue weighted by atomic mass is 9.85. The molecule has 0 amide bonds. The van der Waals surface area contributed by atoms with Gasteiger partial charge in [-0.15, -0.1) is 0 Å². The summed E-state index contributed by atoms with van der Waals surface area (Å²) in [5.41, 5.74) is 14.2. The summed E-state index contributed by atoms with van der Waals surface area (Å²) in [6, 6.07) is 88.7. The molecule has 0 fully saturated rings. The van der Waals surface area contributed by atoms with Gasteiger partial charge in [-0.1, -0.05) is 224 Å². The van der Waals surface area contributed by atoms with Gasteiger partial charge in [0, 0.05) is 17.3 Å². The SMILES string of the molecule is c1ccc2cc(-c3c4ccccc4c(-c4ccc(-c5ccc(-c6ccc(-c7c8ccccc8c(-c8ccc9ccccc9c8)c8ccccc78)cc6)nc5)cc4)c4ccccc34)ccc2c1. The summed E-state index contributed by atoms with van der Waals surface area (Å²) in [5, 5.41) is 15.0. The summed E-state index contributed by atoms with van der Waals surface area (Å²) < 4.78 is 0. The minimum absolute atomic E-state index is 0.952. The van der Waals surface area contributed by atoms with Gasteiger partial charge in [-0.25, -0.2) is 0 Å². The van der Waals surface area contributed by atoms with Crippen LogP contribution >= 0.6 is 0 Å². The molecule has 13 rings (SSSR count). The van der Waals surface area contributed by atoms with E-state index in [0.29, 0.717) is 0 Å². The number of fused-ring (bicyclic) bond motifs is 6. The first-order chi connectivity index (χ1) is 32.7. The minimum atomic E-state index is 0.952. The molecule has 1 heterocycles. The molecule has 1 heteroatoms. The first-order valence-corrected chi connectivity index (χ1v) is 22.8. The minimum Gasteiger partial charge on any atom is -0.256 e. The number of hydrogen-bond donors (Lipinski definition) is 0. The third-order valence-electron chi connectivity index (χ3n) is 13.7. The van der Waals surface area contributed by atoms with Gasteiger partial charge in [-0.2, -0.15) is 0 Å². The maximum absolute atomic E-state index is 5.01. The summed E-state index contributed by atoms with van der Waals surface area (Å²) in [7, 11) is 0. The molecule has 1 aromatic heterocycles. The Balaban J connectivity index is 0.826. The molecule has 0 saturated carbocycles. The van der Waals surface area contributed by atoms with Crippen molar-refractivity contribution in [2.75, 3.05) is 0 Å². The molecule has 306 valence electrons. The van der Waals surface area contributed by atoms with E-state index in [1.165, 1.54) is 109 Å². The number of hydrogen-bond acceptors (Lipinski definition) is 1. The van der Waals surface area contributed by atoms with Crippen LogP contribution in [0.15, 0.2) is 249 Å². The Kier molecular flexibility index (Phi) is 8.92. The highest BCUT2D eigenvalue weighted by molar-refractivity contribution is 6.23. The lowest BCUT2D eigenvalue weighted by Crippen LogP contribution is -1.91. The first-order valence-electron chi connectivity index (χ1n) is 22.8. The van der Waals surface area contributed by atoms with Crippen molar-refractivity contribution in [3.63, 3.8) is 0 Å². The maximum atomic E-state index is 5.01. The Morgan fingerprint density at radius 1 is 0.197 bits per heavy atom. The van der Waals surface area contributed by atoms with Gasteiger partial charge < -0.3 is 0 Å². The number of pyridine rings is 1. The molecule has 12 aromatic carbocycles. The zero-order chi connectivity index (χ0) is 43.6. The summed E-state index contributed by atoms with van der Waals surface area (Å²) in [6.07, 6.45) is 2.01. The average Bonchev–Trinajstić information content (AvgIpc) is 3.39. The van der Waals surface area contributed by atoms with Crippen LogP contribution in [-0.4, -0.2) is 4.98 Å². The second kappa shape index (κ2) is 15.6. The van der Waals surface area contributed by atoms with Gasteiger partial charge in [-0.3, -0.25) is 4.98 Å². The fourth-order valence-electron chi connectivity index (χ4n) is 10.6. The molecule has 0 unspecified atom stereocenters. The van der Waals surface area contributed by atoms with Gasteiger partial charge in [0.05, 0.1) is 5.69 Å². The van der Waals surface area contributed by atoms with Gasteiger partial charge in [0.2, 0.25) is 0 Å². The Morgan fingerprint density at radius 3 is 0.848 bits per heavy atom. The molecule has 0 aliphatic carbocycles. The van der Waals surface area contributed by atoms with Crippen LogP contribution < -0.4 is 0 Å². The number of rotatable bonds is 6. The van der Waals surface area contributed by atoms with E-state index in [9.17, 15) is 0 Å². The molecule has 0 atom stereocenters. The topological polar surface area (TPSA) is 12.9 Å². The van der Waals surface area contributed by atoms with Crippen LogP contribution in [0.4, 0.5) is 0 Å². The van der Waals surface area contributed by atoms with Crippen molar-refractivity contribution in [2.24, 2.45) is 0 Å². The van der Waals surface area contributed by atoms with Crippen LogP contribution in [0.2, 0.25) is 0 Å². The van der Waals surface area contributed by atoms with Crippen molar-refractivity contribution in [3.8, 4) is 66.9 Å². The summed E-state index contributed by atoms with van der Waals surface area (Å²) in [6.45, 7) is 0. The van der Waals surface area contributed by atoms with Gasteiger partial charge >= 0.3 is 0 Å².